The molecule has 0 amide bonds. The van der Waals surface area contributed by atoms with E-state index in [1.165, 1.54) is 0 Å². The Bertz CT molecular complexity index is 405. The summed E-state index contributed by atoms with van der Waals surface area (Å²) in [5, 5.41) is 0. The van der Waals surface area contributed by atoms with Crippen LogP contribution >= 0.6 is 15.9 Å². The highest BCUT2D eigenvalue weighted by Crippen LogP contribution is 2.27. The largest absolute Gasteiger partial charge is 0.490 e. The average Bonchev–Trinajstić information content (AvgIpc) is 2.41. The highest BCUT2D eigenvalue weighted by atomic mass is 79.9. The summed E-state index contributed by atoms with van der Waals surface area (Å²) in [6, 6.07) is 5.45. The average molecular weight is 314 g/mol. The van der Waals surface area contributed by atoms with Crippen LogP contribution in [-0.2, 0) is 4.74 Å². The molecular formula is C13H16BrNO3. The quantitative estimate of drug-likeness (QED) is 0.779. The van der Waals surface area contributed by atoms with Crippen LogP contribution in [0.1, 0.15) is 10.4 Å². The van der Waals surface area contributed by atoms with E-state index in [0.717, 1.165) is 43.6 Å². The van der Waals surface area contributed by atoms with Gasteiger partial charge in [-0.15, -0.1) is 0 Å². The number of hydrogen-bond donors (Lipinski definition) is 0. The first-order chi connectivity index (χ1) is 8.81. The molecule has 1 heterocycles. The first kappa shape index (κ1) is 13.5. The second-order valence-corrected chi connectivity index (χ2v) is 4.93. The smallest absolute Gasteiger partial charge is 0.153 e. The van der Waals surface area contributed by atoms with E-state index in [1.807, 2.05) is 12.1 Å². The van der Waals surface area contributed by atoms with Crippen LogP contribution in [0.4, 0.5) is 0 Å². The minimum atomic E-state index is 0.573. The molecule has 0 unspecified atom stereocenters. The van der Waals surface area contributed by atoms with Gasteiger partial charge in [-0.3, -0.25) is 9.69 Å². The zero-order valence-corrected chi connectivity index (χ0v) is 11.7. The van der Waals surface area contributed by atoms with Crippen molar-refractivity contribution >= 4 is 22.2 Å². The van der Waals surface area contributed by atoms with Crippen molar-refractivity contribution in [1.82, 2.24) is 4.90 Å². The number of carbonyl (C=O) groups excluding carboxylic acids is 1. The van der Waals surface area contributed by atoms with E-state index in [9.17, 15) is 4.79 Å². The minimum Gasteiger partial charge on any atom is -0.490 e. The molecule has 0 radical (unpaired) electrons. The fourth-order valence-electron chi connectivity index (χ4n) is 1.87. The third-order valence-corrected chi connectivity index (χ3v) is 3.51. The van der Waals surface area contributed by atoms with Crippen molar-refractivity contribution in [3.05, 3.63) is 28.2 Å². The van der Waals surface area contributed by atoms with Crippen molar-refractivity contribution in [2.24, 2.45) is 0 Å². The summed E-state index contributed by atoms with van der Waals surface area (Å²) in [5.41, 5.74) is 0.575. The van der Waals surface area contributed by atoms with Crippen LogP contribution in [0.2, 0.25) is 0 Å². The van der Waals surface area contributed by atoms with E-state index >= 15 is 0 Å². The maximum atomic E-state index is 10.9. The molecule has 0 saturated carbocycles. The number of carbonyl (C=O) groups is 1. The summed E-state index contributed by atoms with van der Waals surface area (Å²) < 4.78 is 11.8. The van der Waals surface area contributed by atoms with Crippen molar-refractivity contribution in [2.75, 3.05) is 39.5 Å². The summed E-state index contributed by atoms with van der Waals surface area (Å²) in [4.78, 5) is 13.2. The predicted octanol–water partition coefficient (Wildman–Crippen LogP) is 1.97. The van der Waals surface area contributed by atoms with E-state index in [4.69, 9.17) is 9.47 Å². The molecule has 98 valence electrons. The van der Waals surface area contributed by atoms with Crippen LogP contribution in [0.5, 0.6) is 5.75 Å². The lowest BCUT2D eigenvalue weighted by Gasteiger charge is -2.26. The van der Waals surface area contributed by atoms with Crippen molar-refractivity contribution in [1.29, 1.82) is 0 Å². The molecule has 2 rings (SSSR count). The molecule has 18 heavy (non-hydrogen) atoms. The SMILES string of the molecule is O=Cc1cccc(Br)c1OCCN1CCOCC1. The fourth-order valence-corrected chi connectivity index (χ4v) is 2.37. The summed E-state index contributed by atoms with van der Waals surface area (Å²) in [6.07, 6.45) is 0.814. The number of benzene rings is 1. The van der Waals surface area contributed by atoms with E-state index in [0.29, 0.717) is 17.9 Å². The molecule has 1 aliphatic heterocycles. The highest BCUT2D eigenvalue weighted by molar-refractivity contribution is 9.10. The second-order valence-electron chi connectivity index (χ2n) is 4.08. The van der Waals surface area contributed by atoms with Crippen LogP contribution in [-0.4, -0.2) is 50.6 Å². The molecule has 1 aromatic rings. The van der Waals surface area contributed by atoms with E-state index < -0.39 is 0 Å². The molecule has 1 aromatic carbocycles. The summed E-state index contributed by atoms with van der Waals surface area (Å²) >= 11 is 3.40. The number of aldehydes is 1. The highest BCUT2D eigenvalue weighted by Gasteiger charge is 2.11. The fraction of sp³-hybridized carbons (Fsp3) is 0.462. The minimum absolute atomic E-state index is 0.573. The van der Waals surface area contributed by atoms with Crippen molar-refractivity contribution in [2.45, 2.75) is 0 Å². The summed E-state index contributed by atoms with van der Waals surface area (Å²) in [6.45, 7) is 4.88. The number of hydrogen-bond acceptors (Lipinski definition) is 4. The predicted molar refractivity (Wildman–Crippen MR) is 72.3 cm³/mol. The third-order valence-electron chi connectivity index (χ3n) is 2.88. The first-order valence-electron chi connectivity index (χ1n) is 5.98. The maximum absolute atomic E-state index is 10.9. The van der Waals surface area contributed by atoms with Gasteiger partial charge in [0, 0.05) is 19.6 Å². The molecule has 0 aromatic heterocycles. The van der Waals surface area contributed by atoms with Crippen LogP contribution < -0.4 is 4.74 Å². The van der Waals surface area contributed by atoms with Crippen LogP contribution in [0.15, 0.2) is 22.7 Å². The molecule has 0 atom stereocenters. The molecule has 5 heteroatoms. The molecule has 4 nitrogen and oxygen atoms in total. The summed E-state index contributed by atoms with van der Waals surface area (Å²) in [5.74, 6) is 0.626. The Balaban J connectivity index is 1.87. The van der Waals surface area contributed by atoms with Gasteiger partial charge in [0.1, 0.15) is 12.4 Å². The molecule has 0 N–H and O–H groups in total. The normalized spacial score (nSPS) is 16.5. The Labute approximate surface area is 115 Å². The van der Waals surface area contributed by atoms with Crippen LogP contribution in [0.3, 0.4) is 0 Å². The van der Waals surface area contributed by atoms with Crippen molar-refractivity contribution in [3.8, 4) is 5.75 Å². The van der Waals surface area contributed by atoms with Crippen molar-refractivity contribution in [3.63, 3.8) is 0 Å². The van der Waals surface area contributed by atoms with Gasteiger partial charge in [0.25, 0.3) is 0 Å². The third kappa shape index (κ3) is 3.54. The standard InChI is InChI=1S/C13H16BrNO3/c14-12-3-1-2-11(10-16)13(12)18-9-6-15-4-7-17-8-5-15/h1-3,10H,4-9H2. The lowest BCUT2D eigenvalue weighted by Crippen LogP contribution is -2.38. The Morgan fingerprint density at radius 3 is 2.89 bits per heavy atom. The zero-order chi connectivity index (χ0) is 12.8. The van der Waals surface area contributed by atoms with E-state index in [1.54, 1.807) is 6.07 Å². The van der Waals surface area contributed by atoms with Crippen molar-refractivity contribution < 1.29 is 14.3 Å². The van der Waals surface area contributed by atoms with Gasteiger partial charge in [-0.25, -0.2) is 0 Å². The number of morpholine rings is 1. The zero-order valence-electron chi connectivity index (χ0n) is 10.1. The molecular weight excluding hydrogens is 298 g/mol. The van der Waals surface area contributed by atoms with E-state index in [-0.39, 0.29) is 0 Å². The topological polar surface area (TPSA) is 38.8 Å². The lowest BCUT2D eigenvalue weighted by molar-refractivity contribution is 0.0322. The first-order valence-corrected chi connectivity index (χ1v) is 6.77. The lowest BCUT2D eigenvalue weighted by atomic mass is 10.2. The van der Waals surface area contributed by atoms with Gasteiger partial charge in [0.2, 0.25) is 0 Å². The number of para-hydroxylation sites is 1. The van der Waals surface area contributed by atoms with Gasteiger partial charge >= 0.3 is 0 Å². The Hall–Kier alpha value is -0.910. The maximum Gasteiger partial charge on any atom is 0.153 e. The summed E-state index contributed by atoms with van der Waals surface area (Å²) in [7, 11) is 0. The molecule has 0 bridgehead atoms. The molecule has 0 aliphatic carbocycles. The van der Waals surface area contributed by atoms with E-state index in [2.05, 4.69) is 20.8 Å². The number of nitrogens with zero attached hydrogens (tertiary/aromatic N) is 1. The van der Waals surface area contributed by atoms with Gasteiger partial charge in [-0.2, -0.15) is 0 Å². The van der Waals surface area contributed by atoms with Gasteiger partial charge in [-0.05, 0) is 28.1 Å². The van der Waals surface area contributed by atoms with Gasteiger partial charge in [-0.1, -0.05) is 6.07 Å². The number of ether oxygens (including phenoxy) is 2. The number of halogens is 1. The molecule has 1 fully saturated rings. The molecule has 1 aliphatic rings. The van der Waals surface area contributed by atoms with Crippen LogP contribution in [0.25, 0.3) is 0 Å². The Morgan fingerprint density at radius 2 is 2.17 bits per heavy atom. The van der Waals surface area contributed by atoms with Gasteiger partial charge in [0.15, 0.2) is 6.29 Å². The Kier molecular flexibility index (Phi) is 5.16. The Morgan fingerprint density at radius 1 is 1.39 bits per heavy atom. The molecule has 1 saturated heterocycles. The number of rotatable bonds is 5. The molecule has 0 spiro atoms. The van der Waals surface area contributed by atoms with Gasteiger partial charge < -0.3 is 9.47 Å². The monoisotopic (exact) mass is 313 g/mol. The van der Waals surface area contributed by atoms with Gasteiger partial charge in [0.05, 0.1) is 23.2 Å². The van der Waals surface area contributed by atoms with Crippen LogP contribution in [0, 0.1) is 0 Å². The second kappa shape index (κ2) is 6.87.